The molecule has 0 aromatic heterocycles. The van der Waals surface area contributed by atoms with Crippen molar-refractivity contribution in [3.8, 4) is 0 Å². The number of hydrogen-bond donors (Lipinski definition) is 0. The summed E-state index contributed by atoms with van der Waals surface area (Å²) in [6.45, 7) is 4.28. The van der Waals surface area contributed by atoms with Crippen LogP contribution in [0.25, 0.3) is 0 Å². The number of aliphatic carboxylic acids is 1. The first-order chi connectivity index (χ1) is 22.6. The van der Waals surface area contributed by atoms with Crippen molar-refractivity contribution in [1.82, 2.24) is 0 Å². The van der Waals surface area contributed by atoms with E-state index < -0.39 is 24.1 Å². The number of nitrogens with zero attached hydrogens (tertiary/aromatic N) is 1. The average Bonchev–Trinajstić information content (AvgIpc) is 3.01. The van der Waals surface area contributed by atoms with Crippen LogP contribution >= 0.6 is 0 Å². The lowest BCUT2D eigenvalue weighted by Gasteiger charge is -2.34. The maximum absolute atomic E-state index is 12.5. The van der Waals surface area contributed by atoms with Gasteiger partial charge in [-0.1, -0.05) is 107 Å². The van der Waals surface area contributed by atoms with Crippen molar-refractivity contribution < 1.29 is 38.2 Å². The molecule has 0 radical (unpaired) electrons. The summed E-state index contributed by atoms with van der Waals surface area (Å²) in [6.07, 6.45) is 34.3. The van der Waals surface area contributed by atoms with E-state index in [2.05, 4.69) is 56.4 Å². The van der Waals surface area contributed by atoms with E-state index in [-0.39, 0.29) is 43.1 Å². The van der Waals surface area contributed by atoms with Crippen molar-refractivity contribution >= 4 is 17.9 Å². The zero-order chi connectivity index (χ0) is 35.0. The number of unbranched alkanes of at least 4 members (excludes halogenated alkanes) is 7. The molecule has 0 heterocycles. The fourth-order valence-corrected chi connectivity index (χ4v) is 4.70. The number of likely N-dealkylation sites (N-methyl/N-ethyl adjacent to an activating group) is 1. The van der Waals surface area contributed by atoms with Crippen LogP contribution in [0.2, 0.25) is 0 Å². The van der Waals surface area contributed by atoms with E-state index in [9.17, 15) is 19.5 Å². The highest BCUT2D eigenvalue weighted by atomic mass is 16.6. The van der Waals surface area contributed by atoms with Crippen LogP contribution in [0.5, 0.6) is 0 Å². The molecule has 0 saturated heterocycles. The molecule has 0 aliphatic heterocycles. The lowest BCUT2D eigenvalue weighted by molar-refractivity contribution is -0.889. The zero-order valence-corrected chi connectivity index (χ0v) is 30.2. The van der Waals surface area contributed by atoms with E-state index >= 15 is 0 Å². The van der Waals surface area contributed by atoms with Crippen molar-refractivity contribution in [2.24, 2.45) is 0 Å². The van der Waals surface area contributed by atoms with Gasteiger partial charge in [0.05, 0.1) is 46.7 Å². The Morgan fingerprint density at radius 1 is 0.660 bits per heavy atom. The Kier molecular flexibility index (Phi) is 28.4. The summed E-state index contributed by atoms with van der Waals surface area (Å²) in [6, 6.07) is -0.740. The molecule has 8 heteroatoms. The van der Waals surface area contributed by atoms with Gasteiger partial charge in [-0.3, -0.25) is 9.59 Å². The van der Waals surface area contributed by atoms with Crippen LogP contribution in [-0.2, 0) is 28.6 Å². The number of carboxylic acid groups (broad SMARTS) is 1. The summed E-state index contributed by atoms with van der Waals surface area (Å²) in [5.41, 5.74) is 0. The standard InChI is InChI=1S/C39H65NO7/c1-6-8-10-12-14-16-17-18-19-20-22-23-25-27-29-37(41)46-34-35(33-45-32-31-36(39(43)44)40(3,4)5)47-38(42)30-28-26-24-21-15-13-11-9-7-2/h8-11,14-16,21,26,28,35-36H,6-7,12-13,17-20,22-25,27,29-34H2,1-5H3/b10-8+,11-9+,16-14+,21-15+,28-26+. The first-order valence-electron chi connectivity index (χ1n) is 17.8. The molecule has 0 fully saturated rings. The SMILES string of the molecule is CC/C=C/C/C=C/C/C=C/CC(=O)OC(COCCC(C(=O)[O-])[N+](C)(C)C)COC(=O)CCCCCCCCC/C=C/C/C=C/CC. The Morgan fingerprint density at radius 3 is 1.77 bits per heavy atom. The van der Waals surface area contributed by atoms with E-state index in [4.69, 9.17) is 14.2 Å². The second-order valence-electron chi connectivity index (χ2n) is 12.7. The Labute approximate surface area is 286 Å². The molecule has 8 nitrogen and oxygen atoms in total. The molecule has 2 atom stereocenters. The Morgan fingerprint density at radius 2 is 1.19 bits per heavy atom. The van der Waals surface area contributed by atoms with Gasteiger partial charge < -0.3 is 28.6 Å². The molecular weight excluding hydrogens is 594 g/mol. The van der Waals surface area contributed by atoms with Crippen LogP contribution in [0.3, 0.4) is 0 Å². The molecule has 0 N–H and O–H groups in total. The molecule has 0 bridgehead atoms. The minimum absolute atomic E-state index is 0.000638. The van der Waals surface area contributed by atoms with Crippen molar-refractivity contribution in [3.63, 3.8) is 0 Å². The van der Waals surface area contributed by atoms with Gasteiger partial charge in [0.1, 0.15) is 12.6 Å². The predicted octanol–water partition coefficient (Wildman–Crippen LogP) is 7.35. The van der Waals surface area contributed by atoms with Crippen molar-refractivity contribution in [2.45, 2.75) is 129 Å². The topological polar surface area (TPSA) is 102 Å². The fourth-order valence-electron chi connectivity index (χ4n) is 4.70. The summed E-state index contributed by atoms with van der Waals surface area (Å²) in [7, 11) is 5.35. The molecule has 0 aromatic carbocycles. The van der Waals surface area contributed by atoms with E-state index in [1.54, 1.807) is 27.2 Å². The highest BCUT2D eigenvalue weighted by Gasteiger charge is 2.25. The maximum atomic E-state index is 12.5. The Balaban J connectivity index is 4.52. The number of carbonyl (C=O) groups is 3. The third-order valence-electron chi connectivity index (χ3n) is 7.43. The number of hydrogen-bond acceptors (Lipinski definition) is 7. The number of quaternary nitrogens is 1. The van der Waals surface area contributed by atoms with Gasteiger partial charge >= 0.3 is 11.9 Å². The molecule has 47 heavy (non-hydrogen) atoms. The maximum Gasteiger partial charge on any atom is 0.310 e. The summed E-state index contributed by atoms with van der Waals surface area (Å²) in [5.74, 6) is -1.91. The summed E-state index contributed by atoms with van der Waals surface area (Å²) in [5, 5.41) is 11.5. The van der Waals surface area contributed by atoms with Gasteiger partial charge in [0.25, 0.3) is 0 Å². The van der Waals surface area contributed by atoms with Crippen LogP contribution in [0.1, 0.15) is 117 Å². The van der Waals surface area contributed by atoms with Gasteiger partial charge in [-0.25, -0.2) is 0 Å². The van der Waals surface area contributed by atoms with E-state index in [0.717, 1.165) is 57.8 Å². The van der Waals surface area contributed by atoms with Crippen LogP contribution in [0, 0.1) is 0 Å². The van der Waals surface area contributed by atoms with Gasteiger partial charge in [-0.2, -0.15) is 0 Å². The van der Waals surface area contributed by atoms with Crippen molar-refractivity contribution in [1.29, 1.82) is 0 Å². The van der Waals surface area contributed by atoms with Gasteiger partial charge in [0.2, 0.25) is 0 Å². The molecule has 0 saturated carbocycles. The summed E-state index contributed by atoms with van der Waals surface area (Å²) >= 11 is 0. The molecule has 0 rings (SSSR count). The quantitative estimate of drug-likeness (QED) is 0.0344. The van der Waals surface area contributed by atoms with E-state index in [1.807, 2.05) is 12.2 Å². The number of carboxylic acids is 1. The summed E-state index contributed by atoms with van der Waals surface area (Å²) in [4.78, 5) is 36.4. The number of allylic oxidation sites excluding steroid dienone is 9. The average molecular weight is 660 g/mol. The van der Waals surface area contributed by atoms with E-state index in [1.165, 1.54) is 25.7 Å². The zero-order valence-electron chi connectivity index (χ0n) is 30.2. The molecular formula is C39H65NO7. The smallest absolute Gasteiger partial charge is 0.310 e. The van der Waals surface area contributed by atoms with Gasteiger partial charge in [0, 0.05) is 12.8 Å². The van der Waals surface area contributed by atoms with Crippen molar-refractivity contribution in [3.05, 3.63) is 60.8 Å². The molecule has 0 aliphatic carbocycles. The number of ether oxygens (including phenoxy) is 3. The number of esters is 2. The highest BCUT2D eigenvalue weighted by molar-refractivity contribution is 5.71. The second-order valence-corrected chi connectivity index (χ2v) is 12.7. The first-order valence-corrected chi connectivity index (χ1v) is 17.8. The molecule has 2 unspecified atom stereocenters. The normalized spacial score (nSPS) is 13.8. The predicted molar refractivity (Wildman–Crippen MR) is 189 cm³/mol. The molecule has 0 spiro atoms. The third-order valence-corrected chi connectivity index (χ3v) is 7.43. The molecule has 0 aromatic rings. The second kappa shape index (κ2) is 30.4. The first kappa shape index (κ1) is 44.0. The van der Waals surface area contributed by atoms with Gasteiger partial charge in [-0.05, 0) is 51.4 Å². The Hall–Kier alpha value is -2.97. The molecule has 0 aliphatic rings. The van der Waals surface area contributed by atoms with Crippen LogP contribution in [0.4, 0.5) is 0 Å². The summed E-state index contributed by atoms with van der Waals surface area (Å²) < 4.78 is 16.9. The lowest BCUT2D eigenvalue weighted by atomic mass is 10.1. The van der Waals surface area contributed by atoms with Crippen LogP contribution < -0.4 is 5.11 Å². The van der Waals surface area contributed by atoms with Crippen LogP contribution in [-0.4, -0.2) is 75.5 Å². The monoisotopic (exact) mass is 659 g/mol. The van der Waals surface area contributed by atoms with Gasteiger partial charge in [0.15, 0.2) is 6.10 Å². The molecule has 268 valence electrons. The number of carbonyl (C=O) groups excluding carboxylic acids is 3. The third kappa shape index (κ3) is 28.9. The minimum Gasteiger partial charge on any atom is -0.544 e. The molecule has 0 amide bonds. The lowest BCUT2D eigenvalue weighted by Crippen LogP contribution is -2.55. The largest absolute Gasteiger partial charge is 0.544 e. The Bertz CT molecular complexity index is 959. The van der Waals surface area contributed by atoms with Crippen molar-refractivity contribution in [2.75, 3.05) is 41.0 Å². The fraction of sp³-hybridized carbons (Fsp3) is 0.667. The van der Waals surface area contributed by atoms with E-state index in [0.29, 0.717) is 6.42 Å². The minimum atomic E-state index is -1.14. The van der Waals surface area contributed by atoms with Crippen LogP contribution in [0.15, 0.2) is 60.8 Å². The number of rotatable bonds is 30. The highest BCUT2D eigenvalue weighted by Crippen LogP contribution is 2.12. The van der Waals surface area contributed by atoms with Gasteiger partial charge in [-0.15, -0.1) is 0 Å².